The van der Waals surface area contributed by atoms with E-state index < -0.39 is 18.0 Å². The molecule has 0 aliphatic carbocycles. The Kier molecular flexibility index (Phi) is 6.79. The van der Waals surface area contributed by atoms with Crippen molar-refractivity contribution in [2.45, 2.75) is 32.9 Å². The zero-order chi connectivity index (χ0) is 22.5. The first-order chi connectivity index (χ1) is 14.9. The number of methoxy groups -OCH3 is 2. The maximum Gasteiger partial charge on any atom is 0.332 e. The fourth-order valence-corrected chi connectivity index (χ4v) is 3.57. The molecule has 2 aromatic carbocycles. The number of aryl methyl sites for hydroxylation is 1. The Bertz CT molecular complexity index is 974. The van der Waals surface area contributed by atoms with Crippen molar-refractivity contribution in [1.29, 1.82) is 0 Å². The summed E-state index contributed by atoms with van der Waals surface area (Å²) in [6.07, 6.45) is -0.103. The van der Waals surface area contributed by atoms with Gasteiger partial charge in [-0.25, -0.2) is 9.69 Å². The molecule has 164 valence electrons. The number of nitrogens with one attached hydrogen (secondary N) is 1. The number of ether oxygens (including phenoxy) is 2. The lowest BCUT2D eigenvalue weighted by molar-refractivity contribution is -0.127. The molecule has 1 aliphatic rings. The monoisotopic (exact) mass is 425 g/mol. The fraction of sp³-hybridized carbons (Fsp3) is 0.348. The van der Waals surface area contributed by atoms with Crippen LogP contribution in [0, 0.1) is 6.92 Å². The maximum absolute atomic E-state index is 13.3. The van der Waals surface area contributed by atoms with Crippen LogP contribution in [0.3, 0.4) is 0 Å². The lowest BCUT2D eigenvalue weighted by Crippen LogP contribution is -2.39. The minimum Gasteiger partial charge on any atom is -0.493 e. The molecule has 1 saturated heterocycles. The fourth-order valence-electron chi connectivity index (χ4n) is 3.57. The van der Waals surface area contributed by atoms with Crippen LogP contribution in [0.15, 0.2) is 42.5 Å². The average molecular weight is 425 g/mol. The van der Waals surface area contributed by atoms with Gasteiger partial charge in [-0.15, -0.1) is 0 Å². The minimum absolute atomic E-state index is 0.103. The zero-order valence-electron chi connectivity index (χ0n) is 18.2. The normalized spacial score (nSPS) is 15.9. The summed E-state index contributed by atoms with van der Waals surface area (Å²) in [5.41, 5.74) is 2.26. The molecular weight excluding hydrogens is 398 g/mol. The van der Waals surface area contributed by atoms with Gasteiger partial charge in [0.25, 0.3) is 5.91 Å². The predicted octanol–water partition coefficient (Wildman–Crippen LogP) is 2.88. The summed E-state index contributed by atoms with van der Waals surface area (Å²) in [5, 5.41) is 2.70. The van der Waals surface area contributed by atoms with Gasteiger partial charge in [0.2, 0.25) is 5.91 Å². The second kappa shape index (κ2) is 9.51. The Hall–Kier alpha value is -3.55. The topological polar surface area (TPSA) is 88.2 Å². The molecule has 0 spiro atoms. The van der Waals surface area contributed by atoms with E-state index >= 15 is 0 Å². The van der Waals surface area contributed by atoms with E-state index in [1.54, 1.807) is 44.4 Å². The van der Waals surface area contributed by atoms with E-state index in [9.17, 15) is 14.4 Å². The number of carbonyl (C=O) groups excluding carboxylic acids is 3. The first kappa shape index (κ1) is 22.1. The molecular formula is C23H27N3O5. The van der Waals surface area contributed by atoms with Crippen LogP contribution in [-0.2, 0) is 16.1 Å². The van der Waals surface area contributed by atoms with Crippen molar-refractivity contribution in [1.82, 2.24) is 10.2 Å². The van der Waals surface area contributed by atoms with Crippen molar-refractivity contribution < 1.29 is 23.9 Å². The van der Waals surface area contributed by atoms with Crippen LogP contribution < -0.4 is 19.7 Å². The quantitative estimate of drug-likeness (QED) is 0.657. The molecule has 2 aromatic rings. The molecule has 4 amide bonds. The summed E-state index contributed by atoms with van der Waals surface area (Å²) in [5.74, 6) is 0.390. The van der Waals surface area contributed by atoms with E-state index in [1.807, 2.05) is 19.1 Å². The molecule has 0 saturated carbocycles. The van der Waals surface area contributed by atoms with E-state index in [2.05, 4.69) is 5.32 Å². The molecule has 8 heteroatoms. The van der Waals surface area contributed by atoms with Crippen LogP contribution in [0.1, 0.15) is 24.5 Å². The number of amides is 4. The third-order valence-electron chi connectivity index (χ3n) is 5.16. The Morgan fingerprint density at radius 1 is 1.03 bits per heavy atom. The van der Waals surface area contributed by atoms with Gasteiger partial charge in [-0.05, 0) is 43.7 Å². The maximum atomic E-state index is 13.3. The van der Waals surface area contributed by atoms with Gasteiger partial charge < -0.3 is 19.7 Å². The van der Waals surface area contributed by atoms with E-state index in [4.69, 9.17) is 9.47 Å². The molecule has 0 radical (unpaired) electrons. The molecule has 1 heterocycles. The SMILES string of the molecule is CCNC(=O)C[C@H]1C(=O)N(c2ccc(C)cc2)C(=O)N1Cc1ccc(OC)c(OC)c1. The van der Waals surface area contributed by atoms with E-state index in [0.29, 0.717) is 23.7 Å². The van der Waals surface area contributed by atoms with Crippen molar-refractivity contribution in [3.05, 3.63) is 53.6 Å². The first-order valence-corrected chi connectivity index (χ1v) is 10.1. The third-order valence-corrected chi connectivity index (χ3v) is 5.16. The van der Waals surface area contributed by atoms with Gasteiger partial charge in [0, 0.05) is 13.1 Å². The highest BCUT2D eigenvalue weighted by atomic mass is 16.5. The van der Waals surface area contributed by atoms with Crippen LogP contribution in [-0.4, -0.2) is 49.6 Å². The average Bonchev–Trinajstić information content (AvgIpc) is 2.98. The lowest BCUT2D eigenvalue weighted by atomic mass is 10.1. The summed E-state index contributed by atoms with van der Waals surface area (Å²) >= 11 is 0. The second-order valence-corrected chi connectivity index (χ2v) is 7.28. The molecule has 1 atom stereocenters. The number of imide groups is 1. The first-order valence-electron chi connectivity index (χ1n) is 10.1. The zero-order valence-corrected chi connectivity index (χ0v) is 18.2. The Balaban J connectivity index is 1.94. The largest absolute Gasteiger partial charge is 0.493 e. The number of urea groups is 1. The van der Waals surface area contributed by atoms with Gasteiger partial charge in [0.15, 0.2) is 11.5 Å². The number of hydrogen-bond acceptors (Lipinski definition) is 5. The smallest absolute Gasteiger partial charge is 0.332 e. The highest BCUT2D eigenvalue weighted by Gasteiger charge is 2.46. The van der Waals surface area contributed by atoms with E-state index in [1.165, 1.54) is 12.0 Å². The second-order valence-electron chi connectivity index (χ2n) is 7.28. The number of rotatable bonds is 8. The van der Waals surface area contributed by atoms with Gasteiger partial charge in [0.05, 0.1) is 26.3 Å². The van der Waals surface area contributed by atoms with E-state index in [0.717, 1.165) is 16.0 Å². The summed E-state index contributed by atoms with van der Waals surface area (Å²) in [6.45, 7) is 4.33. The Labute approximate surface area is 181 Å². The molecule has 1 N–H and O–H groups in total. The van der Waals surface area contributed by atoms with Crippen LogP contribution in [0.25, 0.3) is 0 Å². The van der Waals surface area contributed by atoms with Gasteiger partial charge >= 0.3 is 6.03 Å². The highest BCUT2D eigenvalue weighted by Crippen LogP contribution is 2.31. The van der Waals surface area contributed by atoms with Crippen LogP contribution >= 0.6 is 0 Å². The van der Waals surface area contributed by atoms with Crippen LogP contribution in [0.2, 0.25) is 0 Å². The molecule has 3 rings (SSSR count). The Morgan fingerprint density at radius 2 is 1.71 bits per heavy atom. The summed E-state index contributed by atoms with van der Waals surface area (Å²) in [6, 6.07) is 11.1. The number of carbonyl (C=O) groups is 3. The van der Waals surface area contributed by atoms with Crippen molar-refractivity contribution in [3.8, 4) is 11.5 Å². The van der Waals surface area contributed by atoms with Gasteiger partial charge in [0.1, 0.15) is 6.04 Å². The molecule has 0 bridgehead atoms. The standard InChI is InChI=1S/C23H27N3O5/c1-5-24-21(27)13-18-22(28)26(17-9-6-15(2)7-10-17)23(29)25(18)14-16-8-11-19(30-3)20(12-16)31-4/h6-12,18H,5,13-14H2,1-4H3,(H,24,27)/t18-/m0/s1. The van der Waals surface area contributed by atoms with Crippen LogP contribution in [0.5, 0.6) is 11.5 Å². The lowest BCUT2D eigenvalue weighted by Gasteiger charge is -2.22. The number of benzene rings is 2. The summed E-state index contributed by atoms with van der Waals surface area (Å²) in [4.78, 5) is 41.3. The predicted molar refractivity (Wildman–Crippen MR) is 116 cm³/mol. The number of hydrogen-bond donors (Lipinski definition) is 1. The van der Waals surface area contributed by atoms with Crippen LogP contribution in [0.4, 0.5) is 10.5 Å². The molecule has 1 fully saturated rings. The molecule has 0 aromatic heterocycles. The Morgan fingerprint density at radius 3 is 2.32 bits per heavy atom. The molecule has 8 nitrogen and oxygen atoms in total. The molecule has 0 unspecified atom stereocenters. The van der Waals surface area contributed by atoms with Crippen molar-refractivity contribution in [3.63, 3.8) is 0 Å². The van der Waals surface area contributed by atoms with Crippen molar-refractivity contribution in [2.75, 3.05) is 25.7 Å². The van der Waals surface area contributed by atoms with Gasteiger partial charge in [-0.2, -0.15) is 0 Å². The van der Waals surface area contributed by atoms with Gasteiger partial charge in [-0.1, -0.05) is 23.8 Å². The number of anilines is 1. The molecule has 31 heavy (non-hydrogen) atoms. The summed E-state index contributed by atoms with van der Waals surface area (Å²) in [7, 11) is 3.07. The van der Waals surface area contributed by atoms with E-state index in [-0.39, 0.29) is 18.9 Å². The number of nitrogens with zero attached hydrogens (tertiary/aromatic N) is 2. The molecule has 1 aliphatic heterocycles. The van der Waals surface area contributed by atoms with Crippen molar-refractivity contribution in [2.24, 2.45) is 0 Å². The van der Waals surface area contributed by atoms with Crippen molar-refractivity contribution >= 4 is 23.5 Å². The third kappa shape index (κ3) is 4.63. The summed E-state index contributed by atoms with van der Waals surface area (Å²) < 4.78 is 10.6. The van der Waals surface area contributed by atoms with Gasteiger partial charge in [-0.3, -0.25) is 9.59 Å². The highest BCUT2D eigenvalue weighted by molar-refractivity contribution is 6.22. The minimum atomic E-state index is -0.895.